The first kappa shape index (κ1) is 17.8. The zero-order valence-electron chi connectivity index (χ0n) is 15.7. The fourth-order valence-electron chi connectivity index (χ4n) is 3.87. The molecule has 27 heavy (non-hydrogen) atoms. The molecule has 2 aliphatic heterocycles. The maximum Gasteiger partial charge on any atom is 0.227 e. The first-order chi connectivity index (χ1) is 13.2. The highest BCUT2D eigenvalue weighted by Crippen LogP contribution is 2.23. The van der Waals surface area contributed by atoms with Gasteiger partial charge in [0.2, 0.25) is 5.91 Å². The molecule has 144 valence electrons. The molecular formula is C18H26N8O. The fourth-order valence-corrected chi connectivity index (χ4v) is 3.87. The quantitative estimate of drug-likeness (QED) is 0.772. The van der Waals surface area contributed by atoms with Crippen molar-refractivity contribution in [2.75, 3.05) is 50.7 Å². The number of piperazine rings is 1. The molecule has 0 aliphatic carbocycles. The number of nitrogens with zero attached hydrogens (tertiary/aromatic N) is 8. The molecule has 2 aromatic heterocycles. The third-order valence-corrected chi connectivity index (χ3v) is 5.52. The first-order valence-corrected chi connectivity index (χ1v) is 9.69. The van der Waals surface area contributed by atoms with Crippen LogP contribution in [-0.4, -0.2) is 86.5 Å². The Balaban J connectivity index is 1.38. The smallest absolute Gasteiger partial charge is 0.227 e. The normalized spacial score (nSPS) is 21.4. The van der Waals surface area contributed by atoms with Crippen molar-refractivity contribution in [2.45, 2.75) is 19.8 Å². The van der Waals surface area contributed by atoms with E-state index in [0.717, 1.165) is 57.9 Å². The molecule has 9 nitrogen and oxygen atoms in total. The molecule has 0 radical (unpaired) electrons. The lowest BCUT2D eigenvalue weighted by molar-refractivity contribution is -0.137. The van der Waals surface area contributed by atoms with E-state index in [0.29, 0.717) is 18.3 Å². The standard InChI is InChI=1S/C18H26N8O/c1-2-23-8-10-24(11-9-23)18(27)15-4-3-7-25(12-15)16-5-6-17(22-21-16)26-14-19-13-20-26/h5-6,13-15H,2-4,7-12H2,1H3. The predicted molar refractivity (Wildman–Crippen MR) is 101 cm³/mol. The second-order valence-electron chi connectivity index (χ2n) is 7.13. The van der Waals surface area contributed by atoms with Crippen molar-refractivity contribution in [3.8, 4) is 5.82 Å². The summed E-state index contributed by atoms with van der Waals surface area (Å²) in [5, 5.41) is 12.6. The molecular weight excluding hydrogens is 344 g/mol. The molecule has 0 saturated carbocycles. The summed E-state index contributed by atoms with van der Waals surface area (Å²) in [6, 6.07) is 3.82. The van der Waals surface area contributed by atoms with Crippen molar-refractivity contribution in [3.05, 3.63) is 24.8 Å². The molecule has 2 aromatic rings. The van der Waals surface area contributed by atoms with Crippen LogP contribution in [0, 0.1) is 5.92 Å². The van der Waals surface area contributed by atoms with Gasteiger partial charge < -0.3 is 14.7 Å². The van der Waals surface area contributed by atoms with Crippen LogP contribution >= 0.6 is 0 Å². The van der Waals surface area contributed by atoms with Crippen molar-refractivity contribution >= 4 is 11.7 Å². The third-order valence-electron chi connectivity index (χ3n) is 5.52. The number of piperidine rings is 1. The lowest BCUT2D eigenvalue weighted by atomic mass is 9.96. The van der Waals surface area contributed by atoms with Gasteiger partial charge in [0.15, 0.2) is 11.6 Å². The van der Waals surface area contributed by atoms with E-state index in [1.165, 1.54) is 6.33 Å². The monoisotopic (exact) mass is 370 g/mol. The van der Waals surface area contributed by atoms with E-state index in [2.05, 4.69) is 37.0 Å². The highest BCUT2D eigenvalue weighted by atomic mass is 16.2. The Bertz CT molecular complexity index is 739. The number of amides is 1. The average Bonchev–Trinajstić information content (AvgIpc) is 3.28. The van der Waals surface area contributed by atoms with Gasteiger partial charge in [-0.25, -0.2) is 9.67 Å². The molecule has 4 heterocycles. The highest BCUT2D eigenvalue weighted by Gasteiger charge is 2.31. The second kappa shape index (κ2) is 7.99. The minimum atomic E-state index is 0.0451. The summed E-state index contributed by atoms with van der Waals surface area (Å²) in [5.41, 5.74) is 0. The van der Waals surface area contributed by atoms with E-state index < -0.39 is 0 Å². The van der Waals surface area contributed by atoms with Gasteiger partial charge >= 0.3 is 0 Å². The molecule has 2 saturated heterocycles. The van der Waals surface area contributed by atoms with Gasteiger partial charge in [-0.05, 0) is 31.5 Å². The number of rotatable bonds is 4. The van der Waals surface area contributed by atoms with E-state index in [4.69, 9.17) is 0 Å². The van der Waals surface area contributed by atoms with Crippen LogP contribution < -0.4 is 4.90 Å². The predicted octanol–water partition coefficient (Wildman–Crippen LogP) is 0.438. The summed E-state index contributed by atoms with van der Waals surface area (Å²) in [6.45, 7) is 8.50. The Kier molecular flexibility index (Phi) is 5.28. The lowest BCUT2D eigenvalue weighted by Crippen LogP contribution is -2.52. The summed E-state index contributed by atoms with van der Waals surface area (Å²) >= 11 is 0. The van der Waals surface area contributed by atoms with Gasteiger partial charge in [0.05, 0.1) is 5.92 Å². The molecule has 1 unspecified atom stereocenters. The number of carbonyl (C=O) groups excluding carboxylic acids is 1. The van der Waals surface area contributed by atoms with Gasteiger partial charge in [-0.15, -0.1) is 10.2 Å². The SMILES string of the molecule is CCN1CCN(C(=O)C2CCCN(c3ccc(-n4cncn4)nn3)C2)CC1. The number of aromatic nitrogens is 5. The molecule has 0 aromatic carbocycles. The highest BCUT2D eigenvalue weighted by molar-refractivity contribution is 5.80. The Morgan fingerprint density at radius 3 is 2.56 bits per heavy atom. The summed E-state index contributed by atoms with van der Waals surface area (Å²) in [6.07, 6.45) is 5.01. The van der Waals surface area contributed by atoms with Crippen molar-refractivity contribution < 1.29 is 4.79 Å². The number of carbonyl (C=O) groups is 1. The van der Waals surface area contributed by atoms with Crippen molar-refractivity contribution in [1.29, 1.82) is 0 Å². The zero-order valence-corrected chi connectivity index (χ0v) is 15.7. The van der Waals surface area contributed by atoms with E-state index in [1.807, 2.05) is 17.0 Å². The van der Waals surface area contributed by atoms with E-state index >= 15 is 0 Å². The number of likely N-dealkylation sites (N-methyl/N-ethyl adjacent to an activating group) is 1. The molecule has 0 bridgehead atoms. The Morgan fingerprint density at radius 1 is 1.11 bits per heavy atom. The van der Waals surface area contributed by atoms with Gasteiger partial charge in [-0.3, -0.25) is 4.79 Å². The first-order valence-electron chi connectivity index (χ1n) is 9.69. The molecule has 1 amide bonds. The van der Waals surface area contributed by atoms with Crippen LogP contribution in [0.4, 0.5) is 5.82 Å². The molecule has 4 rings (SSSR count). The Morgan fingerprint density at radius 2 is 1.89 bits per heavy atom. The fraction of sp³-hybridized carbons (Fsp3) is 0.611. The third kappa shape index (κ3) is 3.92. The number of hydrogen-bond donors (Lipinski definition) is 0. The van der Waals surface area contributed by atoms with Crippen molar-refractivity contribution in [2.24, 2.45) is 5.92 Å². The zero-order chi connectivity index (χ0) is 18.6. The van der Waals surface area contributed by atoms with E-state index in [1.54, 1.807) is 11.0 Å². The number of anilines is 1. The summed E-state index contributed by atoms with van der Waals surface area (Å²) in [4.78, 5) is 23.5. The second-order valence-corrected chi connectivity index (χ2v) is 7.13. The molecule has 9 heteroatoms. The van der Waals surface area contributed by atoms with Crippen LogP contribution in [0.2, 0.25) is 0 Å². The minimum absolute atomic E-state index is 0.0451. The topological polar surface area (TPSA) is 83.3 Å². The summed E-state index contributed by atoms with van der Waals surface area (Å²) < 4.78 is 1.58. The van der Waals surface area contributed by atoms with Crippen LogP contribution in [-0.2, 0) is 4.79 Å². The molecule has 2 aliphatic rings. The molecule has 0 N–H and O–H groups in total. The maximum atomic E-state index is 13.0. The Labute approximate surface area is 159 Å². The lowest BCUT2D eigenvalue weighted by Gasteiger charge is -2.39. The van der Waals surface area contributed by atoms with Gasteiger partial charge in [-0.2, -0.15) is 5.10 Å². The maximum absolute atomic E-state index is 13.0. The molecule has 2 fully saturated rings. The van der Waals surface area contributed by atoms with Gasteiger partial charge in [0.1, 0.15) is 12.7 Å². The minimum Gasteiger partial charge on any atom is -0.354 e. The summed E-state index contributed by atoms with van der Waals surface area (Å²) in [7, 11) is 0. The van der Waals surface area contributed by atoms with Crippen molar-refractivity contribution in [1.82, 2.24) is 34.8 Å². The van der Waals surface area contributed by atoms with E-state index in [-0.39, 0.29) is 5.92 Å². The van der Waals surface area contributed by atoms with Crippen LogP contribution in [0.1, 0.15) is 19.8 Å². The van der Waals surface area contributed by atoms with Gasteiger partial charge in [0, 0.05) is 39.3 Å². The van der Waals surface area contributed by atoms with Gasteiger partial charge in [-0.1, -0.05) is 6.92 Å². The van der Waals surface area contributed by atoms with E-state index in [9.17, 15) is 4.79 Å². The van der Waals surface area contributed by atoms with Crippen molar-refractivity contribution in [3.63, 3.8) is 0 Å². The van der Waals surface area contributed by atoms with Crippen LogP contribution in [0.25, 0.3) is 5.82 Å². The largest absolute Gasteiger partial charge is 0.354 e. The van der Waals surface area contributed by atoms with Crippen LogP contribution in [0.3, 0.4) is 0 Å². The number of hydrogen-bond acceptors (Lipinski definition) is 7. The molecule has 0 spiro atoms. The average molecular weight is 370 g/mol. The van der Waals surface area contributed by atoms with Crippen LogP contribution in [0.15, 0.2) is 24.8 Å². The Hall–Kier alpha value is -2.55. The molecule has 1 atom stereocenters. The summed E-state index contributed by atoms with van der Waals surface area (Å²) in [5.74, 6) is 1.79. The van der Waals surface area contributed by atoms with Gasteiger partial charge in [0.25, 0.3) is 0 Å². The van der Waals surface area contributed by atoms with Crippen LogP contribution in [0.5, 0.6) is 0 Å².